The van der Waals surface area contributed by atoms with Gasteiger partial charge in [0.05, 0.1) is 0 Å². The summed E-state index contributed by atoms with van der Waals surface area (Å²) in [5.74, 6) is 0. The van der Waals surface area contributed by atoms with Crippen molar-refractivity contribution < 1.29 is 5.11 Å². The van der Waals surface area contributed by atoms with Crippen molar-refractivity contribution >= 4 is 16.4 Å². The van der Waals surface area contributed by atoms with Crippen LogP contribution >= 0.6 is 0 Å². The topological polar surface area (TPSA) is 70.4 Å². The number of nitrogens with one attached hydrogen (secondary N) is 1. The summed E-state index contributed by atoms with van der Waals surface area (Å²) in [6.45, 7) is 0.145. The molecule has 0 fully saturated rings. The Hall–Kier alpha value is -2.14. The molecule has 0 saturated heterocycles. The first-order valence-corrected chi connectivity index (χ1v) is 5.89. The summed E-state index contributed by atoms with van der Waals surface area (Å²) in [7, 11) is 0. The number of aromatic nitrogens is 3. The van der Waals surface area contributed by atoms with Crippen LogP contribution < -0.4 is 5.69 Å². The summed E-state index contributed by atoms with van der Waals surface area (Å²) in [4.78, 5) is 11.6. The maximum atomic E-state index is 11.6. The molecule has 2 heterocycles. The van der Waals surface area contributed by atoms with E-state index in [1.54, 1.807) is 6.20 Å². The summed E-state index contributed by atoms with van der Waals surface area (Å²) in [5, 5.41) is 17.5. The first kappa shape index (κ1) is 11.0. The molecule has 1 aromatic carbocycles. The number of rotatable bonds is 3. The summed E-state index contributed by atoms with van der Waals surface area (Å²) in [6.07, 6.45) is 3.23. The van der Waals surface area contributed by atoms with Crippen LogP contribution in [0.4, 0.5) is 0 Å². The molecular weight excluding hydrogens is 230 g/mol. The van der Waals surface area contributed by atoms with E-state index >= 15 is 0 Å². The van der Waals surface area contributed by atoms with E-state index in [0.717, 1.165) is 22.8 Å². The van der Waals surface area contributed by atoms with Gasteiger partial charge in [-0.3, -0.25) is 0 Å². The number of aryl methyl sites for hydroxylation is 1. The van der Waals surface area contributed by atoms with Crippen molar-refractivity contribution in [3.63, 3.8) is 0 Å². The van der Waals surface area contributed by atoms with Gasteiger partial charge in [-0.05, 0) is 23.8 Å². The monoisotopic (exact) mass is 243 g/mol. The summed E-state index contributed by atoms with van der Waals surface area (Å²) in [5.41, 5.74) is 1.46. The quantitative estimate of drug-likeness (QED) is 0.723. The van der Waals surface area contributed by atoms with Gasteiger partial charge in [-0.1, -0.05) is 24.3 Å². The van der Waals surface area contributed by atoms with Crippen LogP contribution in [0, 0.1) is 0 Å². The summed E-state index contributed by atoms with van der Waals surface area (Å²) < 4.78 is 1.52. The number of pyridine rings is 1. The van der Waals surface area contributed by atoms with Gasteiger partial charge in [0.25, 0.3) is 0 Å². The highest BCUT2D eigenvalue weighted by molar-refractivity contribution is 5.95. The van der Waals surface area contributed by atoms with E-state index in [1.165, 1.54) is 4.40 Å². The number of hydrogen-bond donors (Lipinski definition) is 2. The zero-order valence-corrected chi connectivity index (χ0v) is 9.76. The lowest BCUT2D eigenvalue weighted by atomic mass is 10.0. The Morgan fingerprint density at radius 3 is 2.83 bits per heavy atom. The van der Waals surface area contributed by atoms with Crippen LogP contribution in [0.5, 0.6) is 0 Å². The molecule has 2 aromatic heterocycles. The van der Waals surface area contributed by atoms with Gasteiger partial charge in [-0.2, -0.15) is 5.10 Å². The number of aromatic amines is 1. The Kier molecular flexibility index (Phi) is 2.60. The average molecular weight is 243 g/mol. The van der Waals surface area contributed by atoms with E-state index in [2.05, 4.69) is 10.2 Å². The number of hydrogen-bond acceptors (Lipinski definition) is 3. The van der Waals surface area contributed by atoms with Gasteiger partial charge in [-0.15, -0.1) is 0 Å². The van der Waals surface area contributed by atoms with Gasteiger partial charge in [0.15, 0.2) is 5.65 Å². The predicted octanol–water partition coefficient (Wildman–Crippen LogP) is 1.10. The van der Waals surface area contributed by atoms with Crippen molar-refractivity contribution in [2.24, 2.45) is 0 Å². The van der Waals surface area contributed by atoms with Crippen LogP contribution in [0.15, 0.2) is 35.3 Å². The number of fused-ring (bicyclic) bond motifs is 3. The first-order valence-electron chi connectivity index (χ1n) is 5.89. The van der Waals surface area contributed by atoms with E-state index in [0.29, 0.717) is 12.1 Å². The molecule has 3 rings (SSSR count). The Balaban J connectivity index is 2.36. The van der Waals surface area contributed by atoms with Gasteiger partial charge < -0.3 is 5.11 Å². The number of benzene rings is 1. The third kappa shape index (κ3) is 1.60. The van der Waals surface area contributed by atoms with E-state index in [9.17, 15) is 4.79 Å². The van der Waals surface area contributed by atoms with Crippen molar-refractivity contribution in [1.29, 1.82) is 0 Å². The maximum Gasteiger partial charge on any atom is 0.347 e. The number of aliphatic hydroxyl groups excluding tert-OH is 1. The molecule has 0 saturated carbocycles. The van der Waals surface area contributed by atoms with Crippen molar-refractivity contribution in [2.75, 3.05) is 6.61 Å². The van der Waals surface area contributed by atoms with E-state index < -0.39 is 0 Å². The third-order valence-corrected chi connectivity index (χ3v) is 3.11. The molecule has 5 heteroatoms. The van der Waals surface area contributed by atoms with Gasteiger partial charge in [0, 0.05) is 18.2 Å². The van der Waals surface area contributed by atoms with E-state index in [-0.39, 0.29) is 12.3 Å². The highest BCUT2D eigenvalue weighted by atomic mass is 16.2. The minimum absolute atomic E-state index is 0.145. The molecule has 0 radical (unpaired) electrons. The molecule has 0 unspecified atom stereocenters. The summed E-state index contributed by atoms with van der Waals surface area (Å²) in [6, 6.07) is 7.86. The maximum absolute atomic E-state index is 11.6. The molecule has 92 valence electrons. The van der Waals surface area contributed by atoms with Crippen LogP contribution in [-0.4, -0.2) is 26.3 Å². The number of H-pyrrole nitrogens is 1. The predicted molar refractivity (Wildman–Crippen MR) is 68.7 cm³/mol. The highest BCUT2D eigenvalue weighted by Crippen LogP contribution is 2.22. The lowest BCUT2D eigenvalue weighted by Crippen LogP contribution is -2.10. The molecule has 2 N–H and O–H groups in total. The van der Waals surface area contributed by atoms with Gasteiger partial charge >= 0.3 is 5.69 Å². The highest BCUT2D eigenvalue weighted by Gasteiger charge is 2.09. The molecule has 18 heavy (non-hydrogen) atoms. The van der Waals surface area contributed by atoms with Crippen LogP contribution in [-0.2, 0) is 6.42 Å². The Bertz CT molecular complexity index is 758. The average Bonchev–Trinajstić information content (AvgIpc) is 2.78. The minimum Gasteiger partial charge on any atom is -0.396 e. The fourth-order valence-corrected chi connectivity index (χ4v) is 2.27. The molecule has 0 atom stereocenters. The largest absolute Gasteiger partial charge is 0.396 e. The lowest BCUT2D eigenvalue weighted by Gasteiger charge is -2.07. The molecule has 0 aliphatic carbocycles. The molecule has 0 amide bonds. The Labute approximate surface area is 103 Å². The lowest BCUT2D eigenvalue weighted by molar-refractivity contribution is 0.288. The molecule has 0 aliphatic rings. The molecular formula is C13H13N3O2. The minimum atomic E-state index is -0.235. The first-order chi connectivity index (χ1) is 8.81. The third-order valence-electron chi connectivity index (χ3n) is 3.11. The fraction of sp³-hybridized carbons (Fsp3) is 0.231. The second kappa shape index (κ2) is 4.27. The molecule has 0 aliphatic heterocycles. The van der Waals surface area contributed by atoms with Crippen molar-refractivity contribution in [2.45, 2.75) is 12.8 Å². The van der Waals surface area contributed by atoms with Gasteiger partial charge in [0.2, 0.25) is 0 Å². The van der Waals surface area contributed by atoms with E-state index in [4.69, 9.17) is 5.11 Å². The number of aliphatic hydroxyl groups is 1. The Morgan fingerprint density at radius 2 is 2.06 bits per heavy atom. The van der Waals surface area contributed by atoms with Crippen molar-refractivity contribution in [1.82, 2.24) is 14.6 Å². The molecule has 5 nitrogen and oxygen atoms in total. The van der Waals surface area contributed by atoms with Crippen molar-refractivity contribution in [3.8, 4) is 0 Å². The number of nitrogens with zero attached hydrogens (tertiary/aromatic N) is 2. The summed E-state index contributed by atoms with van der Waals surface area (Å²) >= 11 is 0. The van der Waals surface area contributed by atoms with Crippen LogP contribution in [0.2, 0.25) is 0 Å². The SMILES string of the molecule is O=c1[nH]nc2c3ccccc3c(CCCO)cn12. The molecule has 0 bridgehead atoms. The normalized spacial score (nSPS) is 11.4. The molecule has 0 spiro atoms. The van der Waals surface area contributed by atoms with Crippen molar-refractivity contribution in [3.05, 3.63) is 46.5 Å². The second-order valence-electron chi connectivity index (χ2n) is 4.25. The fourth-order valence-electron chi connectivity index (χ4n) is 2.27. The smallest absolute Gasteiger partial charge is 0.347 e. The zero-order chi connectivity index (χ0) is 12.5. The molecule has 3 aromatic rings. The zero-order valence-electron chi connectivity index (χ0n) is 9.76. The second-order valence-corrected chi connectivity index (χ2v) is 4.25. The van der Waals surface area contributed by atoms with Crippen LogP contribution in [0.25, 0.3) is 16.4 Å². The van der Waals surface area contributed by atoms with Crippen LogP contribution in [0.3, 0.4) is 0 Å². The van der Waals surface area contributed by atoms with Gasteiger partial charge in [-0.25, -0.2) is 14.3 Å². The van der Waals surface area contributed by atoms with E-state index in [1.807, 2.05) is 24.3 Å². The van der Waals surface area contributed by atoms with Crippen LogP contribution in [0.1, 0.15) is 12.0 Å². The Morgan fingerprint density at radius 1 is 1.28 bits per heavy atom. The van der Waals surface area contributed by atoms with Gasteiger partial charge in [0.1, 0.15) is 0 Å². The standard InChI is InChI=1S/C13H13N3O2/c17-7-3-4-9-8-16-12(14-15-13(16)18)11-6-2-1-5-10(9)11/h1-2,5-6,8,17H,3-4,7H2,(H,15,18).